The van der Waals surface area contributed by atoms with E-state index in [0.29, 0.717) is 5.75 Å². The number of hydrogen-bond acceptors (Lipinski definition) is 4. The second-order valence-electron chi connectivity index (χ2n) is 6.59. The van der Waals surface area contributed by atoms with Gasteiger partial charge in [-0.15, -0.1) is 10.2 Å². The van der Waals surface area contributed by atoms with Gasteiger partial charge >= 0.3 is 0 Å². The van der Waals surface area contributed by atoms with Gasteiger partial charge in [0.2, 0.25) is 5.91 Å². The van der Waals surface area contributed by atoms with Gasteiger partial charge in [-0.05, 0) is 44.5 Å². The molecular formula is C20H25N5OS. The highest BCUT2D eigenvalue weighted by molar-refractivity contribution is 7.99. The van der Waals surface area contributed by atoms with Crippen molar-refractivity contribution in [2.45, 2.75) is 38.9 Å². The molecule has 2 aromatic heterocycles. The number of nitrogens with one attached hydrogen (secondary N) is 1. The Morgan fingerprint density at radius 1 is 1.22 bits per heavy atom. The number of thioether (sulfide) groups is 1. The zero-order valence-electron chi connectivity index (χ0n) is 16.2. The number of amides is 1. The first kappa shape index (κ1) is 19.2. The van der Waals surface area contributed by atoms with Crippen molar-refractivity contribution in [1.29, 1.82) is 0 Å². The van der Waals surface area contributed by atoms with E-state index in [1.807, 2.05) is 45.3 Å². The molecule has 0 spiro atoms. The third-order valence-corrected chi connectivity index (χ3v) is 5.46. The standard InChI is InChI=1S/C20H25N5OS/c1-5-25-18(12-16-7-6-10-24(16)4)22-23-20(25)27-13-19(26)21-17-9-8-14(2)11-15(17)3/h6-11H,5,12-13H2,1-4H3,(H,21,26). The highest BCUT2D eigenvalue weighted by Gasteiger charge is 2.15. The maximum absolute atomic E-state index is 12.3. The summed E-state index contributed by atoms with van der Waals surface area (Å²) in [4.78, 5) is 12.3. The molecule has 27 heavy (non-hydrogen) atoms. The average Bonchev–Trinajstić information content (AvgIpc) is 3.22. The van der Waals surface area contributed by atoms with Gasteiger partial charge in [0.05, 0.1) is 5.75 Å². The van der Waals surface area contributed by atoms with E-state index in [1.165, 1.54) is 23.0 Å². The smallest absolute Gasteiger partial charge is 0.234 e. The Labute approximate surface area is 164 Å². The monoisotopic (exact) mass is 383 g/mol. The van der Waals surface area contributed by atoms with E-state index in [9.17, 15) is 4.79 Å². The molecule has 0 saturated heterocycles. The Bertz CT molecular complexity index is 944. The van der Waals surface area contributed by atoms with Crippen LogP contribution >= 0.6 is 11.8 Å². The van der Waals surface area contributed by atoms with Crippen molar-refractivity contribution in [2.24, 2.45) is 7.05 Å². The van der Waals surface area contributed by atoms with Gasteiger partial charge in [0.25, 0.3) is 0 Å². The van der Waals surface area contributed by atoms with E-state index < -0.39 is 0 Å². The fourth-order valence-electron chi connectivity index (χ4n) is 2.99. The normalized spacial score (nSPS) is 11.0. The quantitative estimate of drug-likeness (QED) is 0.634. The van der Waals surface area contributed by atoms with Crippen molar-refractivity contribution in [3.05, 3.63) is 59.2 Å². The minimum absolute atomic E-state index is 0.0402. The Hall–Kier alpha value is -2.54. The maximum atomic E-state index is 12.3. The van der Waals surface area contributed by atoms with Crippen molar-refractivity contribution >= 4 is 23.4 Å². The van der Waals surface area contributed by atoms with E-state index in [1.54, 1.807) is 0 Å². The van der Waals surface area contributed by atoms with Gasteiger partial charge in [-0.2, -0.15) is 0 Å². The molecule has 6 nitrogen and oxygen atoms in total. The summed E-state index contributed by atoms with van der Waals surface area (Å²) in [5.41, 5.74) is 4.28. The summed E-state index contributed by atoms with van der Waals surface area (Å²) in [6, 6.07) is 10.1. The molecule has 0 unspecified atom stereocenters. The van der Waals surface area contributed by atoms with Crippen LogP contribution in [-0.2, 0) is 24.8 Å². The van der Waals surface area contributed by atoms with Gasteiger partial charge < -0.3 is 14.5 Å². The minimum Gasteiger partial charge on any atom is -0.354 e. The molecule has 2 heterocycles. The van der Waals surface area contributed by atoms with Crippen LogP contribution < -0.4 is 5.32 Å². The van der Waals surface area contributed by atoms with Crippen LogP contribution in [-0.4, -0.2) is 31.0 Å². The molecule has 1 N–H and O–H groups in total. The summed E-state index contributed by atoms with van der Waals surface area (Å²) in [6.45, 7) is 6.88. The minimum atomic E-state index is -0.0402. The second-order valence-corrected chi connectivity index (χ2v) is 7.53. The van der Waals surface area contributed by atoms with E-state index in [0.717, 1.165) is 35.2 Å². The molecule has 3 aromatic rings. The van der Waals surface area contributed by atoms with Crippen LogP contribution in [0.15, 0.2) is 41.7 Å². The molecule has 1 aromatic carbocycles. The molecule has 7 heteroatoms. The fourth-order valence-corrected chi connectivity index (χ4v) is 3.81. The van der Waals surface area contributed by atoms with Crippen LogP contribution in [0.4, 0.5) is 5.69 Å². The first-order chi connectivity index (χ1) is 13.0. The van der Waals surface area contributed by atoms with Gasteiger partial charge in [-0.1, -0.05) is 29.5 Å². The number of benzene rings is 1. The first-order valence-electron chi connectivity index (χ1n) is 9.00. The lowest BCUT2D eigenvalue weighted by molar-refractivity contribution is -0.113. The van der Waals surface area contributed by atoms with Gasteiger partial charge in [0, 0.05) is 37.6 Å². The van der Waals surface area contributed by atoms with E-state index in [4.69, 9.17) is 0 Å². The Balaban J connectivity index is 1.63. The number of carbonyl (C=O) groups is 1. The van der Waals surface area contributed by atoms with Crippen molar-refractivity contribution in [1.82, 2.24) is 19.3 Å². The zero-order chi connectivity index (χ0) is 19.4. The van der Waals surface area contributed by atoms with Crippen LogP contribution in [0.1, 0.15) is 29.6 Å². The number of carbonyl (C=O) groups excluding carboxylic acids is 1. The van der Waals surface area contributed by atoms with Gasteiger partial charge in [-0.3, -0.25) is 4.79 Å². The Morgan fingerprint density at radius 3 is 2.70 bits per heavy atom. The van der Waals surface area contributed by atoms with Gasteiger partial charge in [0.15, 0.2) is 5.16 Å². The molecule has 0 fully saturated rings. The third kappa shape index (κ3) is 4.60. The van der Waals surface area contributed by atoms with Crippen LogP contribution in [0, 0.1) is 13.8 Å². The molecule has 0 radical (unpaired) electrons. The molecule has 0 saturated carbocycles. The molecule has 0 aliphatic rings. The zero-order valence-corrected chi connectivity index (χ0v) is 17.0. The highest BCUT2D eigenvalue weighted by Crippen LogP contribution is 2.20. The predicted octanol–water partition coefficient (Wildman–Crippen LogP) is 3.57. The summed E-state index contributed by atoms with van der Waals surface area (Å²) in [5.74, 6) is 1.17. The van der Waals surface area contributed by atoms with Crippen molar-refractivity contribution in [3.8, 4) is 0 Å². The molecule has 0 bridgehead atoms. The summed E-state index contributed by atoms with van der Waals surface area (Å²) in [5, 5.41) is 12.4. The van der Waals surface area contributed by atoms with Gasteiger partial charge in [0.1, 0.15) is 5.82 Å². The third-order valence-electron chi connectivity index (χ3n) is 4.49. The number of nitrogens with zero attached hydrogens (tertiary/aromatic N) is 4. The van der Waals surface area contributed by atoms with E-state index in [2.05, 4.69) is 43.7 Å². The Kier molecular flexibility index (Phi) is 6.01. The van der Waals surface area contributed by atoms with Crippen molar-refractivity contribution in [3.63, 3.8) is 0 Å². The average molecular weight is 384 g/mol. The SMILES string of the molecule is CCn1c(Cc2cccn2C)nnc1SCC(=O)Nc1ccc(C)cc1C. The number of rotatable bonds is 7. The maximum Gasteiger partial charge on any atom is 0.234 e. The fraction of sp³-hybridized carbons (Fsp3) is 0.350. The lowest BCUT2D eigenvalue weighted by Crippen LogP contribution is -2.15. The predicted molar refractivity (Wildman–Crippen MR) is 109 cm³/mol. The summed E-state index contributed by atoms with van der Waals surface area (Å²) < 4.78 is 4.15. The van der Waals surface area contributed by atoms with Crippen molar-refractivity contribution in [2.75, 3.05) is 11.1 Å². The molecule has 3 rings (SSSR count). The molecule has 142 valence electrons. The molecule has 0 atom stereocenters. The van der Waals surface area contributed by atoms with Crippen LogP contribution in [0.5, 0.6) is 0 Å². The molecule has 0 aliphatic carbocycles. The lowest BCUT2D eigenvalue weighted by atomic mass is 10.1. The molecule has 0 aliphatic heterocycles. The summed E-state index contributed by atoms with van der Waals surface area (Å²) in [6.07, 6.45) is 2.74. The van der Waals surface area contributed by atoms with Crippen molar-refractivity contribution < 1.29 is 4.79 Å². The van der Waals surface area contributed by atoms with Crippen LogP contribution in [0.25, 0.3) is 0 Å². The van der Waals surface area contributed by atoms with Crippen LogP contribution in [0.3, 0.4) is 0 Å². The topological polar surface area (TPSA) is 64.7 Å². The second kappa shape index (κ2) is 8.43. The van der Waals surface area contributed by atoms with E-state index >= 15 is 0 Å². The molecular weight excluding hydrogens is 358 g/mol. The lowest BCUT2D eigenvalue weighted by Gasteiger charge is -2.10. The van der Waals surface area contributed by atoms with Crippen LogP contribution in [0.2, 0.25) is 0 Å². The van der Waals surface area contributed by atoms with Gasteiger partial charge in [-0.25, -0.2) is 0 Å². The highest BCUT2D eigenvalue weighted by atomic mass is 32.2. The molecule has 1 amide bonds. The number of anilines is 1. The number of aryl methyl sites for hydroxylation is 3. The first-order valence-corrected chi connectivity index (χ1v) is 9.98. The number of aromatic nitrogens is 4. The number of hydrogen-bond donors (Lipinski definition) is 1. The largest absolute Gasteiger partial charge is 0.354 e. The summed E-state index contributed by atoms with van der Waals surface area (Å²) in [7, 11) is 2.02. The summed E-state index contributed by atoms with van der Waals surface area (Å²) >= 11 is 1.42. The Morgan fingerprint density at radius 2 is 2.04 bits per heavy atom. The van der Waals surface area contributed by atoms with E-state index in [-0.39, 0.29) is 5.91 Å².